The van der Waals surface area contributed by atoms with Crippen molar-refractivity contribution in [2.45, 2.75) is 26.3 Å². The SMILES string of the molecule is COC(=O)Cn1nc(C(C)C)c(-c2cc(F)cc(F)c2)cc1=O. The zero-order valence-corrected chi connectivity index (χ0v) is 13.0. The second kappa shape index (κ2) is 6.68. The van der Waals surface area contributed by atoms with Gasteiger partial charge in [0.1, 0.15) is 18.2 Å². The quantitative estimate of drug-likeness (QED) is 0.812. The van der Waals surface area contributed by atoms with E-state index in [1.165, 1.54) is 13.2 Å². The molecular weight excluding hydrogens is 306 g/mol. The van der Waals surface area contributed by atoms with Crippen LogP contribution in [-0.4, -0.2) is 22.9 Å². The van der Waals surface area contributed by atoms with E-state index in [1.807, 2.05) is 13.8 Å². The van der Waals surface area contributed by atoms with E-state index >= 15 is 0 Å². The molecule has 1 heterocycles. The molecule has 0 unspecified atom stereocenters. The maximum absolute atomic E-state index is 13.4. The third kappa shape index (κ3) is 3.80. The molecule has 0 aliphatic heterocycles. The minimum atomic E-state index is -0.742. The molecule has 0 fully saturated rings. The number of esters is 1. The number of rotatable bonds is 4. The largest absolute Gasteiger partial charge is 0.468 e. The molecule has 5 nitrogen and oxygen atoms in total. The average Bonchev–Trinajstić information content (AvgIpc) is 2.47. The first-order valence-corrected chi connectivity index (χ1v) is 6.97. The van der Waals surface area contributed by atoms with Crippen LogP contribution in [0.5, 0.6) is 0 Å². The minimum absolute atomic E-state index is 0.124. The number of nitrogens with zero attached hydrogens (tertiary/aromatic N) is 2. The van der Waals surface area contributed by atoms with Gasteiger partial charge in [-0.3, -0.25) is 9.59 Å². The summed E-state index contributed by atoms with van der Waals surface area (Å²) >= 11 is 0. The van der Waals surface area contributed by atoms with Gasteiger partial charge in [0.15, 0.2) is 0 Å². The number of carbonyl (C=O) groups excluding carboxylic acids is 1. The summed E-state index contributed by atoms with van der Waals surface area (Å²) < 4.78 is 32.4. The van der Waals surface area contributed by atoms with Gasteiger partial charge >= 0.3 is 5.97 Å². The van der Waals surface area contributed by atoms with E-state index in [0.29, 0.717) is 11.3 Å². The van der Waals surface area contributed by atoms with Crippen molar-refractivity contribution in [3.63, 3.8) is 0 Å². The monoisotopic (exact) mass is 322 g/mol. The number of benzene rings is 1. The van der Waals surface area contributed by atoms with Crippen molar-refractivity contribution >= 4 is 5.97 Å². The highest BCUT2D eigenvalue weighted by molar-refractivity contribution is 5.69. The van der Waals surface area contributed by atoms with Gasteiger partial charge in [0.25, 0.3) is 5.56 Å². The second-order valence-electron chi connectivity index (χ2n) is 5.33. The number of carbonyl (C=O) groups is 1. The van der Waals surface area contributed by atoms with Gasteiger partial charge in [-0.15, -0.1) is 0 Å². The summed E-state index contributed by atoms with van der Waals surface area (Å²) in [6.07, 6.45) is 0. The van der Waals surface area contributed by atoms with Crippen LogP contribution < -0.4 is 5.56 Å². The molecule has 0 aliphatic rings. The Labute approximate surface area is 131 Å². The fraction of sp³-hybridized carbons (Fsp3) is 0.312. The van der Waals surface area contributed by atoms with Crippen LogP contribution in [0.3, 0.4) is 0 Å². The van der Waals surface area contributed by atoms with Gasteiger partial charge in [-0.2, -0.15) is 5.10 Å². The van der Waals surface area contributed by atoms with E-state index < -0.39 is 23.2 Å². The fourth-order valence-corrected chi connectivity index (χ4v) is 2.17. The topological polar surface area (TPSA) is 61.2 Å². The molecule has 0 saturated carbocycles. The molecular formula is C16H16F2N2O3. The Morgan fingerprint density at radius 2 is 1.83 bits per heavy atom. The van der Waals surface area contributed by atoms with Crippen LogP contribution >= 0.6 is 0 Å². The normalized spacial score (nSPS) is 10.9. The fourth-order valence-electron chi connectivity index (χ4n) is 2.17. The minimum Gasteiger partial charge on any atom is -0.468 e. The van der Waals surface area contributed by atoms with Gasteiger partial charge < -0.3 is 4.74 Å². The third-order valence-corrected chi connectivity index (χ3v) is 3.25. The van der Waals surface area contributed by atoms with Gasteiger partial charge in [-0.05, 0) is 23.6 Å². The van der Waals surface area contributed by atoms with Crippen molar-refractivity contribution < 1.29 is 18.3 Å². The summed E-state index contributed by atoms with van der Waals surface area (Å²) in [7, 11) is 1.21. The van der Waals surface area contributed by atoms with Crippen LogP contribution in [0, 0.1) is 11.6 Å². The number of ether oxygens (including phenoxy) is 1. The highest BCUT2D eigenvalue weighted by atomic mass is 19.1. The Morgan fingerprint density at radius 1 is 1.22 bits per heavy atom. The molecule has 122 valence electrons. The van der Waals surface area contributed by atoms with Gasteiger partial charge in [0, 0.05) is 17.7 Å². The number of hydrogen-bond acceptors (Lipinski definition) is 4. The van der Waals surface area contributed by atoms with E-state index in [0.717, 1.165) is 22.9 Å². The summed E-state index contributed by atoms with van der Waals surface area (Å²) in [5, 5.41) is 4.15. The smallest absolute Gasteiger partial charge is 0.327 e. The number of halogens is 2. The van der Waals surface area contributed by atoms with Crippen LogP contribution in [0.2, 0.25) is 0 Å². The van der Waals surface area contributed by atoms with Gasteiger partial charge in [0.2, 0.25) is 0 Å². The number of hydrogen-bond donors (Lipinski definition) is 0. The molecule has 2 aromatic rings. The lowest BCUT2D eigenvalue weighted by molar-refractivity contribution is -0.141. The second-order valence-corrected chi connectivity index (χ2v) is 5.33. The highest BCUT2D eigenvalue weighted by Gasteiger charge is 2.16. The molecule has 23 heavy (non-hydrogen) atoms. The number of methoxy groups -OCH3 is 1. The summed E-state index contributed by atoms with van der Waals surface area (Å²) in [5.74, 6) is -2.22. The standard InChI is InChI=1S/C16H16F2N2O3/c1-9(2)16-13(10-4-11(17)6-12(18)5-10)7-14(21)20(19-16)8-15(22)23-3/h4-7,9H,8H2,1-3H3. The van der Waals surface area contributed by atoms with E-state index in [-0.39, 0.29) is 18.0 Å². The van der Waals surface area contributed by atoms with Crippen LogP contribution in [0.1, 0.15) is 25.5 Å². The highest BCUT2D eigenvalue weighted by Crippen LogP contribution is 2.27. The van der Waals surface area contributed by atoms with Crippen molar-refractivity contribution in [3.8, 4) is 11.1 Å². The third-order valence-electron chi connectivity index (χ3n) is 3.25. The molecule has 0 bridgehead atoms. The lowest BCUT2D eigenvalue weighted by atomic mass is 9.98. The Balaban J connectivity index is 2.62. The molecule has 7 heteroatoms. The van der Waals surface area contributed by atoms with Crippen molar-refractivity contribution in [1.29, 1.82) is 0 Å². The van der Waals surface area contributed by atoms with Crippen molar-refractivity contribution in [3.05, 3.63) is 51.9 Å². The van der Waals surface area contributed by atoms with Gasteiger partial charge in [0.05, 0.1) is 12.8 Å². The molecule has 0 aliphatic carbocycles. The predicted octanol–water partition coefficient (Wildman–Crippen LogP) is 2.48. The van der Waals surface area contributed by atoms with Crippen LogP contribution in [0.25, 0.3) is 11.1 Å². The average molecular weight is 322 g/mol. The molecule has 1 aromatic carbocycles. The van der Waals surface area contributed by atoms with Crippen molar-refractivity contribution in [1.82, 2.24) is 9.78 Å². The van der Waals surface area contributed by atoms with Gasteiger partial charge in [-0.1, -0.05) is 13.8 Å². The molecule has 0 amide bonds. The maximum Gasteiger partial charge on any atom is 0.327 e. The first-order chi connectivity index (χ1) is 10.8. The van der Waals surface area contributed by atoms with Crippen LogP contribution in [-0.2, 0) is 16.1 Å². The van der Waals surface area contributed by atoms with E-state index in [2.05, 4.69) is 9.84 Å². The van der Waals surface area contributed by atoms with Crippen LogP contribution in [0.4, 0.5) is 8.78 Å². The number of aromatic nitrogens is 2. The summed E-state index contributed by atoms with van der Waals surface area (Å²) in [5.41, 5.74) is 0.462. The zero-order valence-electron chi connectivity index (χ0n) is 13.0. The lowest BCUT2D eigenvalue weighted by Crippen LogP contribution is -2.28. The predicted molar refractivity (Wildman–Crippen MR) is 80.0 cm³/mol. The molecule has 1 aromatic heterocycles. The first-order valence-electron chi connectivity index (χ1n) is 6.97. The summed E-state index contributed by atoms with van der Waals surface area (Å²) in [6, 6.07) is 4.25. The molecule has 0 N–H and O–H groups in total. The first kappa shape index (κ1) is 16.8. The molecule has 0 atom stereocenters. The van der Waals surface area contributed by atoms with E-state index in [4.69, 9.17) is 0 Å². The Morgan fingerprint density at radius 3 is 2.35 bits per heavy atom. The van der Waals surface area contributed by atoms with Crippen molar-refractivity contribution in [2.75, 3.05) is 7.11 Å². The summed E-state index contributed by atoms with van der Waals surface area (Å²) in [4.78, 5) is 23.5. The van der Waals surface area contributed by atoms with E-state index in [9.17, 15) is 18.4 Å². The Kier molecular flexibility index (Phi) is 4.88. The zero-order chi connectivity index (χ0) is 17.1. The molecule has 0 radical (unpaired) electrons. The Bertz CT molecular complexity index is 780. The molecule has 2 rings (SSSR count). The van der Waals surface area contributed by atoms with Crippen molar-refractivity contribution in [2.24, 2.45) is 0 Å². The van der Waals surface area contributed by atoms with Crippen LogP contribution in [0.15, 0.2) is 29.1 Å². The molecule has 0 spiro atoms. The summed E-state index contributed by atoms with van der Waals surface area (Å²) in [6.45, 7) is 3.33. The molecule has 0 saturated heterocycles. The van der Waals surface area contributed by atoms with E-state index in [1.54, 1.807) is 0 Å². The van der Waals surface area contributed by atoms with Gasteiger partial charge in [-0.25, -0.2) is 13.5 Å². The maximum atomic E-state index is 13.4. The lowest BCUT2D eigenvalue weighted by Gasteiger charge is -2.14. The Hall–Kier alpha value is -2.57.